The van der Waals surface area contributed by atoms with Crippen molar-refractivity contribution < 1.29 is 18.7 Å². The lowest BCUT2D eigenvalue weighted by Gasteiger charge is -2.23. The van der Waals surface area contributed by atoms with Crippen LogP contribution in [0.2, 0.25) is 0 Å². The number of carbonyl (C=O) groups is 2. The van der Waals surface area contributed by atoms with E-state index in [1.165, 1.54) is 24.1 Å². The minimum absolute atomic E-state index is 0.240. The van der Waals surface area contributed by atoms with Gasteiger partial charge in [-0.05, 0) is 29.8 Å². The second-order valence-electron chi connectivity index (χ2n) is 6.23. The molecule has 1 saturated heterocycles. The average molecular weight is 372 g/mol. The van der Waals surface area contributed by atoms with Gasteiger partial charge in [0.25, 0.3) is 0 Å². The molecule has 8 heteroatoms. The Bertz CT molecular complexity index is 785. The third kappa shape index (κ3) is 4.72. The van der Waals surface area contributed by atoms with Crippen LogP contribution in [0.5, 0.6) is 5.75 Å². The molecule has 1 aromatic heterocycles. The molecule has 3 amide bonds. The maximum atomic E-state index is 13.0. The molecule has 7 nitrogen and oxygen atoms in total. The van der Waals surface area contributed by atoms with Crippen molar-refractivity contribution in [2.75, 3.05) is 13.6 Å². The summed E-state index contributed by atoms with van der Waals surface area (Å²) in [6.07, 6.45) is 3.31. The highest BCUT2D eigenvalue weighted by molar-refractivity contribution is 5.87. The predicted molar refractivity (Wildman–Crippen MR) is 96.5 cm³/mol. The van der Waals surface area contributed by atoms with Crippen molar-refractivity contribution in [3.63, 3.8) is 0 Å². The van der Waals surface area contributed by atoms with Gasteiger partial charge in [0.1, 0.15) is 23.7 Å². The standard InChI is InChI=1S/C19H21FN4O3/c1-21-18(25)17-9-16(27-15-3-2-8-22-11-15)12-24(17)19(26)23-10-13-4-6-14(20)7-5-13/h2-8,11,16-17H,9-10,12H2,1H3,(H,21,25)(H,23,26)/t16-,17+/m0/s1. The zero-order valence-corrected chi connectivity index (χ0v) is 14.9. The number of benzene rings is 1. The van der Waals surface area contributed by atoms with E-state index in [-0.39, 0.29) is 36.9 Å². The largest absolute Gasteiger partial charge is 0.487 e. The van der Waals surface area contributed by atoms with Gasteiger partial charge in [0.05, 0.1) is 12.7 Å². The number of ether oxygens (including phenoxy) is 1. The Morgan fingerprint density at radius 2 is 2.07 bits per heavy atom. The third-order valence-electron chi connectivity index (χ3n) is 4.37. The van der Waals surface area contributed by atoms with Crippen LogP contribution in [-0.2, 0) is 11.3 Å². The van der Waals surface area contributed by atoms with Crippen LogP contribution in [0.1, 0.15) is 12.0 Å². The van der Waals surface area contributed by atoms with Gasteiger partial charge >= 0.3 is 6.03 Å². The number of urea groups is 1. The van der Waals surface area contributed by atoms with E-state index >= 15 is 0 Å². The van der Waals surface area contributed by atoms with Crippen molar-refractivity contribution in [2.45, 2.75) is 25.1 Å². The molecule has 0 saturated carbocycles. The topological polar surface area (TPSA) is 83.6 Å². The van der Waals surface area contributed by atoms with E-state index in [0.29, 0.717) is 12.2 Å². The van der Waals surface area contributed by atoms with Crippen LogP contribution in [0.4, 0.5) is 9.18 Å². The number of amides is 3. The van der Waals surface area contributed by atoms with Gasteiger partial charge in [-0.1, -0.05) is 12.1 Å². The lowest BCUT2D eigenvalue weighted by Crippen LogP contribution is -2.48. The molecule has 0 radical (unpaired) electrons. The first-order valence-electron chi connectivity index (χ1n) is 8.64. The molecule has 2 atom stereocenters. The number of hydrogen-bond donors (Lipinski definition) is 2. The van der Waals surface area contributed by atoms with Gasteiger partial charge in [-0.25, -0.2) is 9.18 Å². The zero-order chi connectivity index (χ0) is 19.2. The smallest absolute Gasteiger partial charge is 0.318 e. The number of hydrogen-bond acceptors (Lipinski definition) is 4. The summed E-state index contributed by atoms with van der Waals surface area (Å²) in [5, 5.41) is 5.36. The molecule has 0 bridgehead atoms. The van der Waals surface area contributed by atoms with Gasteiger partial charge < -0.3 is 20.3 Å². The van der Waals surface area contributed by atoms with E-state index in [1.54, 1.807) is 36.7 Å². The van der Waals surface area contributed by atoms with Crippen molar-refractivity contribution >= 4 is 11.9 Å². The first kappa shape index (κ1) is 18.6. The first-order chi connectivity index (χ1) is 13.1. The molecule has 2 aromatic rings. The lowest BCUT2D eigenvalue weighted by molar-refractivity contribution is -0.124. The monoisotopic (exact) mass is 372 g/mol. The fraction of sp³-hybridized carbons (Fsp3) is 0.316. The quantitative estimate of drug-likeness (QED) is 0.837. The Morgan fingerprint density at radius 3 is 2.74 bits per heavy atom. The van der Waals surface area contributed by atoms with Crippen LogP contribution in [0.3, 0.4) is 0 Å². The molecule has 0 unspecified atom stereocenters. The molecule has 142 valence electrons. The fourth-order valence-corrected chi connectivity index (χ4v) is 3.01. The van der Waals surface area contributed by atoms with E-state index in [2.05, 4.69) is 15.6 Å². The highest BCUT2D eigenvalue weighted by Crippen LogP contribution is 2.23. The number of nitrogens with zero attached hydrogens (tertiary/aromatic N) is 2. The third-order valence-corrected chi connectivity index (χ3v) is 4.37. The van der Waals surface area contributed by atoms with E-state index in [0.717, 1.165) is 5.56 Å². The second-order valence-corrected chi connectivity index (χ2v) is 6.23. The molecule has 2 heterocycles. The molecule has 1 aromatic carbocycles. The Labute approximate surface area is 156 Å². The Kier molecular flexibility index (Phi) is 5.85. The minimum Gasteiger partial charge on any atom is -0.487 e. The summed E-state index contributed by atoms with van der Waals surface area (Å²) < 4.78 is 18.8. The molecule has 2 N–H and O–H groups in total. The summed E-state index contributed by atoms with van der Waals surface area (Å²) in [7, 11) is 1.53. The van der Waals surface area contributed by atoms with Crippen molar-refractivity contribution in [1.82, 2.24) is 20.5 Å². The van der Waals surface area contributed by atoms with Gasteiger partial charge in [0, 0.05) is 26.2 Å². The van der Waals surface area contributed by atoms with E-state index in [4.69, 9.17) is 4.74 Å². The van der Waals surface area contributed by atoms with E-state index in [1.807, 2.05) is 0 Å². The Balaban J connectivity index is 1.64. The summed E-state index contributed by atoms with van der Waals surface area (Å²) >= 11 is 0. The van der Waals surface area contributed by atoms with Crippen LogP contribution in [-0.4, -0.2) is 47.6 Å². The summed E-state index contributed by atoms with van der Waals surface area (Å²) in [4.78, 5) is 30.3. The van der Waals surface area contributed by atoms with Crippen LogP contribution < -0.4 is 15.4 Å². The van der Waals surface area contributed by atoms with Crippen LogP contribution >= 0.6 is 0 Å². The lowest BCUT2D eigenvalue weighted by atomic mass is 10.2. The molecule has 0 spiro atoms. The zero-order valence-electron chi connectivity index (χ0n) is 14.9. The maximum absolute atomic E-state index is 13.0. The Morgan fingerprint density at radius 1 is 1.30 bits per heavy atom. The van der Waals surface area contributed by atoms with E-state index in [9.17, 15) is 14.0 Å². The summed E-state index contributed by atoms with van der Waals surface area (Å²) in [5.74, 6) is 0.00985. The molecule has 27 heavy (non-hydrogen) atoms. The van der Waals surface area contributed by atoms with Gasteiger partial charge in [-0.2, -0.15) is 0 Å². The Hall–Kier alpha value is -3.16. The van der Waals surface area contributed by atoms with Crippen molar-refractivity contribution in [2.24, 2.45) is 0 Å². The normalized spacial score (nSPS) is 18.8. The summed E-state index contributed by atoms with van der Waals surface area (Å²) in [6.45, 7) is 0.520. The second kappa shape index (κ2) is 8.48. The first-order valence-corrected chi connectivity index (χ1v) is 8.64. The molecule has 1 fully saturated rings. The SMILES string of the molecule is CNC(=O)[C@H]1C[C@H](Oc2cccnc2)CN1C(=O)NCc1ccc(F)cc1. The van der Waals surface area contributed by atoms with Crippen molar-refractivity contribution in [3.8, 4) is 5.75 Å². The van der Waals surface area contributed by atoms with Crippen molar-refractivity contribution in [1.29, 1.82) is 0 Å². The number of rotatable bonds is 5. The number of likely N-dealkylation sites (N-methyl/N-ethyl adjacent to an activating group) is 1. The maximum Gasteiger partial charge on any atom is 0.318 e. The van der Waals surface area contributed by atoms with Crippen LogP contribution in [0.15, 0.2) is 48.8 Å². The number of pyridine rings is 1. The molecular weight excluding hydrogens is 351 g/mol. The van der Waals surface area contributed by atoms with Gasteiger partial charge in [0.15, 0.2) is 0 Å². The number of nitrogens with one attached hydrogen (secondary N) is 2. The molecule has 1 aliphatic rings. The molecule has 1 aliphatic heterocycles. The van der Waals surface area contributed by atoms with Crippen molar-refractivity contribution in [3.05, 3.63) is 60.2 Å². The molecule has 3 rings (SSSR count). The summed E-state index contributed by atoms with van der Waals surface area (Å²) in [5.41, 5.74) is 0.767. The molecule has 0 aliphatic carbocycles. The highest BCUT2D eigenvalue weighted by atomic mass is 19.1. The fourth-order valence-electron chi connectivity index (χ4n) is 3.01. The number of likely N-dealkylation sites (tertiary alicyclic amines) is 1. The van der Waals surface area contributed by atoms with Gasteiger partial charge in [0.2, 0.25) is 5.91 Å². The van der Waals surface area contributed by atoms with Crippen LogP contribution in [0, 0.1) is 5.82 Å². The van der Waals surface area contributed by atoms with Gasteiger partial charge in [-0.3, -0.25) is 9.78 Å². The average Bonchev–Trinajstić information content (AvgIpc) is 3.11. The highest BCUT2D eigenvalue weighted by Gasteiger charge is 2.40. The number of aromatic nitrogens is 1. The van der Waals surface area contributed by atoms with Gasteiger partial charge in [-0.15, -0.1) is 0 Å². The number of halogens is 1. The molecular formula is C19H21FN4O3. The number of carbonyl (C=O) groups excluding carboxylic acids is 2. The van der Waals surface area contributed by atoms with Crippen LogP contribution in [0.25, 0.3) is 0 Å². The minimum atomic E-state index is -0.620. The summed E-state index contributed by atoms with van der Waals surface area (Å²) in [6, 6.07) is 8.42. The van der Waals surface area contributed by atoms with E-state index < -0.39 is 6.04 Å². The predicted octanol–water partition coefficient (Wildman–Crippen LogP) is 1.70.